The van der Waals surface area contributed by atoms with E-state index in [9.17, 15) is 4.79 Å². The van der Waals surface area contributed by atoms with Crippen LogP contribution < -0.4 is 0 Å². The molecule has 1 aliphatic rings. The van der Waals surface area contributed by atoms with Gasteiger partial charge in [0.1, 0.15) is 5.78 Å². The van der Waals surface area contributed by atoms with Crippen molar-refractivity contribution < 1.29 is 9.53 Å². The average molecular weight is 301 g/mol. The number of hydrogen-bond donors (Lipinski definition) is 0. The summed E-state index contributed by atoms with van der Waals surface area (Å²) >= 11 is 12.0. The number of halogens is 2. The monoisotopic (exact) mass is 300 g/mol. The number of ether oxygens (including phenoxy) is 1. The van der Waals surface area contributed by atoms with E-state index in [1.165, 1.54) is 0 Å². The van der Waals surface area contributed by atoms with Crippen molar-refractivity contribution in [3.8, 4) is 0 Å². The lowest BCUT2D eigenvalue weighted by atomic mass is 9.78. The molecule has 104 valence electrons. The number of carbonyl (C=O) groups excluding carboxylic acids is 1. The first-order valence-corrected chi connectivity index (χ1v) is 7.42. The Bertz CT molecular complexity index is 453. The molecule has 1 aromatic carbocycles. The van der Waals surface area contributed by atoms with Crippen LogP contribution in [0.5, 0.6) is 0 Å². The summed E-state index contributed by atoms with van der Waals surface area (Å²) in [5, 5.41) is 1.00. The Morgan fingerprint density at radius 3 is 2.79 bits per heavy atom. The molecule has 2 rings (SSSR count). The van der Waals surface area contributed by atoms with Gasteiger partial charge in [-0.2, -0.15) is 0 Å². The highest BCUT2D eigenvalue weighted by Crippen LogP contribution is 2.33. The largest absolute Gasteiger partial charge is 0.378 e. The maximum atomic E-state index is 12.0. The van der Waals surface area contributed by atoms with Crippen LogP contribution in [-0.4, -0.2) is 18.5 Å². The van der Waals surface area contributed by atoms with Crippen LogP contribution in [-0.2, 0) is 16.0 Å². The number of rotatable bonds is 6. The Morgan fingerprint density at radius 2 is 2.11 bits per heavy atom. The molecule has 2 nitrogen and oxygen atoms in total. The summed E-state index contributed by atoms with van der Waals surface area (Å²) in [6.45, 7) is 2.75. The van der Waals surface area contributed by atoms with Gasteiger partial charge in [-0.25, -0.2) is 0 Å². The molecular weight excluding hydrogens is 283 g/mol. The van der Waals surface area contributed by atoms with Gasteiger partial charge in [0, 0.05) is 19.4 Å². The van der Waals surface area contributed by atoms with Gasteiger partial charge in [-0.3, -0.25) is 4.79 Å². The number of ketones is 1. The highest BCUT2D eigenvalue weighted by atomic mass is 35.5. The molecule has 0 spiro atoms. The molecule has 0 aliphatic heterocycles. The third kappa shape index (κ3) is 3.95. The lowest BCUT2D eigenvalue weighted by Gasteiger charge is -2.34. The van der Waals surface area contributed by atoms with Gasteiger partial charge in [-0.05, 0) is 37.3 Å². The Kier molecular flexibility index (Phi) is 5.26. The molecule has 1 aromatic rings. The smallest absolute Gasteiger partial charge is 0.137 e. The molecular formula is C15H18Cl2O2. The molecule has 0 unspecified atom stereocenters. The van der Waals surface area contributed by atoms with Crippen LogP contribution in [0.1, 0.15) is 31.7 Å². The van der Waals surface area contributed by atoms with Gasteiger partial charge in [-0.1, -0.05) is 35.3 Å². The maximum absolute atomic E-state index is 12.0. The first-order chi connectivity index (χ1) is 9.10. The maximum Gasteiger partial charge on any atom is 0.137 e. The van der Waals surface area contributed by atoms with Crippen LogP contribution in [0.15, 0.2) is 18.2 Å². The number of benzene rings is 1. The Hall–Kier alpha value is -0.570. The molecule has 0 radical (unpaired) electrons. The fourth-order valence-corrected chi connectivity index (χ4v) is 2.89. The summed E-state index contributed by atoms with van der Waals surface area (Å²) in [5.41, 5.74) is 0.819. The summed E-state index contributed by atoms with van der Waals surface area (Å²) in [4.78, 5) is 12.0. The molecule has 1 fully saturated rings. The van der Waals surface area contributed by atoms with Crippen LogP contribution in [0.4, 0.5) is 0 Å². The molecule has 1 aliphatic carbocycles. The van der Waals surface area contributed by atoms with Crippen molar-refractivity contribution in [2.24, 2.45) is 5.92 Å². The molecule has 0 N–H and O–H groups in total. The highest BCUT2D eigenvalue weighted by molar-refractivity contribution is 6.42. The summed E-state index contributed by atoms with van der Waals surface area (Å²) in [6.07, 6.45) is 3.35. The topological polar surface area (TPSA) is 26.3 Å². The fourth-order valence-electron chi connectivity index (χ4n) is 2.50. The molecule has 0 amide bonds. The van der Waals surface area contributed by atoms with Crippen molar-refractivity contribution in [2.45, 2.75) is 38.7 Å². The van der Waals surface area contributed by atoms with Crippen molar-refractivity contribution in [3.05, 3.63) is 33.8 Å². The molecule has 0 aromatic heterocycles. The third-order valence-electron chi connectivity index (χ3n) is 3.53. The molecule has 0 bridgehead atoms. The van der Waals surface area contributed by atoms with Crippen molar-refractivity contribution >= 4 is 29.0 Å². The fraction of sp³-hybridized carbons (Fsp3) is 0.533. The molecule has 0 saturated heterocycles. The zero-order chi connectivity index (χ0) is 13.8. The van der Waals surface area contributed by atoms with Gasteiger partial charge in [0.2, 0.25) is 0 Å². The van der Waals surface area contributed by atoms with E-state index in [0.717, 1.165) is 25.0 Å². The summed E-state index contributed by atoms with van der Waals surface area (Å²) in [6, 6.07) is 5.41. The zero-order valence-corrected chi connectivity index (χ0v) is 12.5. The quantitative estimate of drug-likeness (QED) is 0.782. The van der Waals surface area contributed by atoms with Crippen LogP contribution in [0, 0.1) is 5.92 Å². The van der Waals surface area contributed by atoms with Crippen molar-refractivity contribution in [3.63, 3.8) is 0 Å². The Morgan fingerprint density at radius 1 is 1.37 bits per heavy atom. The van der Waals surface area contributed by atoms with E-state index in [4.69, 9.17) is 27.9 Å². The first kappa shape index (κ1) is 14.8. The van der Waals surface area contributed by atoms with Gasteiger partial charge in [0.05, 0.1) is 16.1 Å². The first-order valence-electron chi connectivity index (χ1n) is 6.66. The summed E-state index contributed by atoms with van der Waals surface area (Å²) in [7, 11) is 0. The predicted molar refractivity (Wildman–Crippen MR) is 77.9 cm³/mol. The lowest BCUT2D eigenvalue weighted by Crippen LogP contribution is -2.33. The summed E-state index contributed by atoms with van der Waals surface area (Å²) < 4.78 is 5.49. The van der Waals surface area contributed by atoms with Gasteiger partial charge in [-0.15, -0.1) is 0 Å². The van der Waals surface area contributed by atoms with Crippen LogP contribution in [0.25, 0.3) is 0 Å². The van der Waals surface area contributed by atoms with Crippen molar-refractivity contribution in [1.82, 2.24) is 0 Å². The average Bonchev–Trinajstić information content (AvgIpc) is 2.32. The minimum atomic E-state index is 0.226. The number of hydrogen-bond acceptors (Lipinski definition) is 2. The van der Waals surface area contributed by atoms with Gasteiger partial charge in [0.25, 0.3) is 0 Å². The minimum Gasteiger partial charge on any atom is -0.378 e. The van der Waals surface area contributed by atoms with Crippen LogP contribution in [0.2, 0.25) is 10.0 Å². The second-order valence-corrected chi connectivity index (χ2v) is 5.83. The molecule has 4 heteroatoms. The third-order valence-corrected chi connectivity index (χ3v) is 4.39. The number of Topliss-reactive ketones (excluding diaryl/α,β-unsaturated/α-hetero) is 1. The van der Waals surface area contributed by atoms with E-state index in [-0.39, 0.29) is 5.78 Å². The molecule has 1 saturated carbocycles. The Balaban J connectivity index is 1.81. The van der Waals surface area contributed by atoms with E-state index >= 15 is 0 Å². The van der Waals surface area contributed by atoms with Crippen LogP contribution in [0.3, 0.4) is 0 Å². The minimum absolute atomic E-state index is 0.226. The SMILES string of the molecule is CCOC1CC(CC(=O)Cc2cccc(Cl)c2Cl)C1. The van der Waals surface area contributed by atoms with E-state index in [1.54, 1.807) is 6.07 Å². The van der Waals surface area contributed by atoms with E-state index in [2.05, 4.69) is 0 Å². The van der Waals surface area contributed by atoms with E-state index in [0.29, 0.717) is 34.9 Å². The second-order valence-electron chi connectivity index (χ2n) is 5.05. The number of carbonyl (C=O) groups is 1. The second kappa shape index (κ2) is 6.74. The van der Waals surface area contributed by atoms with Gasteiger partial charge in [0.15, 0.2) is 0 Å². The zero-order valence-electron chi connectivity index (χ0n) is 11.0. The van der Waals surface area contributed by atoms with Crippen LogP contribution >= 0.6 is 23.2 Å². The van der Waals surface area contributed by atoms with Crippen molar-refractivity contribution in [1.29, 1.82) is 0 Å². The normalized spacial score (nSPS) is 22.1. The van der Waals surface area contributed by atoms with Crippen molar-refractivity contribution in [2.75, 3.05) is 6.61 Å². The molecule has 0 atom stereocenters. The lowest BCUT2D eigenvalue weighted by molar-refractivity contribution is -0.121. The predicted octanol–water partition coefficient (Wildman–Crippen LogP) is 4.31. The van der Waals surface area contributed by atoms with E-state index < -0.39 is 0 Å². The van der Waals surface area contributed by atoms with Gasteiger partial charge < -0.3 is 4.74 Å². The Labute approximate surface area is 124 Å². The van der Waals surface area contributed by atoms with E-state index in [1.807, 2.05) is 19.1 Å². The standard InChI is InChI=1S/C15H18Cl2O2/c1-2-19-13-7-10(8-13)6-12(18)9-11-4-3-5-14(16)15(11)17/h3-5,10,13H,2,6-9H2,1H3. The molecule has 0 heterocycles. The molecule has 19 heavy (non-hydrogen) atoms. The highest BCUT2D eigenvalue weighted by Gasteiger charge is 2.30. The summed E-state index contributed by atoms with van der Waals surface area (Å²) in [5.74, 6) is 0.700. The van der Waals surface area contributed by atoms with Gasteiger partial charge >= 0.3 is 0 Å².